The minimum Gasteiger partial charge on any atom is -0.479 e. The first-order valence-electron chi connectivity index (χ1n) is 7.03. The van der Waals surface area contributed by atoms with E-state index in [-0.39, 0.29) is 12.6 Å². The third-order valence-electron chi connectivity index (χ3n) is 4.33. The van der Waals surface area contributed by atoms with Crippen LogP contribution in [0, 0.1) is 0 Å². The molecule has 7 heteroatoms. The summed E-state index contributed by atoms with van der Waals surface area (Å²) in [5, 5.41) is 14.7. The molecule has 7 nitrogen and oxygen atoms in total. The van der Waals surface area contributed by atoms with Gasteiger partial charge in [-0.2, -0.15) is 0 Å². The summed E-state index contributed by atoms with van der Waals surface area (Å²) in [5.41, 5.74) is -1.28. The zero-order chi connectivity index (χ0) is 14.8. The Morgan fingerprint density at radius 1 is 1.45 bits per heavy atom. The molecule has 0 bridgehead atoms. The molecule has 0 aromatic rings. The molecule has 3 N–H and O–H groups in total. The van der Waals surface area contributed by atoms with Crippen molar-refractivity contribution in [2.45, 2.75) is 43.8 Å². The average molecular weight is 285 g/mol. The number of urea groups is 1. The second-order valence-electron chi connectivity index (χ2n) is 5.84. The Morgan fingerprint density at radius 2 is 2.20 bits per heavy atom. The lowest BCUT2D eigenvalue weighted by atomic mass is 9.98. The first kappa shape index (κ1) is 15.1. The summed E-state index contributed by atoms with van der Waals surface area (Å²) in [7, 11) is 2.07. The Labute approximate surface area is 118 Å². The number of carboxylic acid groups (broad SMARTS) is 1. The lowest BCUT2D eigenvalue weighted by Crippen LogP contribution is -2.60. The van der Waals surface area contributed by atoms with Gasteiger partial charge in [-0.1, -0.05) is 0 Å². The second-order valence-corrected chi connectivity index (χ2v) is 5.84. The zero-order valence-electron chi connectivity index (χ0n) is 12.0. The van der Waals surface area contributed by atoms with Gasteiger partial charge in [0, 0.05) is 31.7 Å². The van der Waals surface area contributed by atoms with E-state index in [1.54, 1.807) is 0 Å². The van der Waals surface area contributed by atoms with Gasteiger partial charge in [-0.15, -0.1) is 0 Å². The molecule has 2 rings (SSSR count). The van der Waals surface area contributed by atoms with Crippen molar-refractivity contribution in [3.63, 3.8) is 0 Å². The number of nitrogens with zero attached hydrogens (tertiary/aromatic N) is 1. The smallest absolute Gasteiger partial charge is 0.332 e. The molecule has 2 heterocycles. The summed E-state index contributed by atoms with van der Waals surface area (Å²) in [6.45, 7) is 3.44. The van der Waals surface area contributed by atoms with Gasteiger partial charge in [0.25, 0.3) is 0 Å². The molecule has 2 aliphatic rings. The van der Waals surface area contributed by atoms with Gasteiger partial charge in [-0.05, 0) is 26.8 Å². The fourth-order valence-electron chi connectivity index (χ4n) is 2.74. The highest BCUT2D eigenvalue weighted by atomic mass is 16.5. The maximum atomic E-state index is 12.0. The molecule has 0 spiro atoms. The molecule has 2 amide bonds. The monoisotopic (exact) mass is 285 g/mol. The van der Waals surface area contributed by atoms with Crippen LogP contribution in [-0.4, -0.2) is 66.4 Å². The third kappa shape index (κ3) is 3.21. The standard InChI is InChI=1S/C13H23N3O4/c1-9-7-10(3-5-16(9)2)14-12(19)15-13(11(17)18)4-6-20-8-13/h9-10H,3-8H2,1-2H3,(H,17,18)(H2,14,15,19). The number of carbonyl (C=O) groups is 2. The molecule has 2 fully saturated rings. The van der Waals surface area contributed by atoms with Crippen LogP contribution < -0.4 is 10.6 Å². The number of hydrogen-bond donors (Lipinski definition) is 3. The van der Waals surface area contributed by atoms with E-state index in [1.807, 2.05) is 0 Å². The molecule has 114 valence electrons. The molecule has 2 saturated heterocycles. The SMILES string of the molecule is CC1CC(NC(=O)NC2(C(=O)O)CCOC2)CCN1C. The van der Waals surface area contributed by atoms with Crippen LogP contribution in [0.5, 0.6) is 0 Å². The van der Waals surface area contributed by atoms with Gasteiger partial charge in [0.15, 0.2) is 5.54 Å². The number of hydrogen-bond acceptors (Lipinski definition) is 4. The molecule has 3 unspecified atom stereocenters. The largest absolute Gasteiger partial charge is 0.479 e. The molecule has 20 heavy (non-hydrogen) atoms. The van der Waals surface area contributed by atoms with Crippen molar-refractivity contribution < 1.29 is 19.4 Å². The number of nitrogens with one attached hydrogen (secondary N) is 2. The first-order valence-corrected chi connectivity index (χ1v) is 7.03. The van der Waals surface area contributed by atoms with Crippen molar-refractivity contribution >= 4 is 12.0 Å². The summed E-state index contributed by atoms with van der Waals surface area (Å²) in [5.74, 6) is -1.04. The summed E-state index contributed by atoms with van der Waals surface area (Å²) >= 11 is 0. The number of piperidine rings is 1. The number of amides is 2. The number of ether oxygens (including phenoxy) is 1. The van der Waals surface area contributed by atoms with E-state index in [4.69, 9.17) is 4.74 Å². The van der Waals surface area contributed by atoms with E-state index in [0.717, 1.165) is 19.4 Å². The van der Waals surface area contributed by atoms with Gasteiger partial charge in [-0.25, -0.2) is 9.59 Å². The van der Waals surface area contributed by atoms with Gasteiger partial charge in [0.05, 0.1) is 6.61 Å². The zero-order valence-corrected chi connectivity index (χ0v) is 12.0. The fourth-order valence-corrected chi connectivity index (χ4v) is 2.74. The Hall–Kier alpha value is -1.34. The Morgan fingerprint density at radius 3 is 2.75 bits per heavy atom. The number of aliphatic carboxylic acids is 1. The third-order valence-corrected chi connectivity index (χ3v) is 4.33. The molecular weight excluding hydrogens is 262 g/mol. The summed E-state index contributed by atoms with van der Waals surface area (Å²) in [6, 6.07) is 0.0892. The summed E-state index contributed by atoms with van der Waals surface area (Å²) in [6.07, 6.45) is 2.06. The van der Waals surface area contributed by atoms with E-state index in [9.17, 15) is 14.7 Å². The molecule has 3 atom stereocenters. The van der Waals surface area contributed by atoms with Crippen molar-refractivity contribution in [2.24, 2.45) is 0 Å². The van der Waals surface area contributed by atoms with Crippen LogP contribution in [0.25, 0.3) is 0 Å². The minimum absolute atomic E-state index is 0.0273. The topological polar surface area (TPSA) is 90.9 Å². The van der Waals surface area contributed by atoms with Gasteiger partial charge >= 0.3 is 12.0 Å². The predicted molar refractivity (Wildman–Crippen MR) is 72.6 cm³/mol. The minimum atomic E-state index is -1.28. The van der Waals surface area contributed by atoms with Gasteiger partial charge < -0.3 is 25.4 Å². The van der Waals surface area contributed by atoms with Crippen molar-refractivity contribution in [3.8, 4) is 0 Å². The number of carboxylic acids is 1. The highest BCUT2D eigenvalue weighted by Crippen LogP contribution is 2.19. The fraction of sp³-hybridized carbons (Fsp3) is 0.846. The van der Waals surface area contributed by atoms with E-state index < -0.39 is 17.5 Å². The van der Waals surface area contributed by atoms with Crippen LogP contribution in [0.1, 0.15) is 26.2 Å². The van der Waals surface area contributed by atoms with Crippen LogP contribution in [0.3, 0.4) is 0 Å². The first-order chi connectivity index (χ1) is 9.43. The van der Waals surface area contributed by atoms with Crippen molar-refractivity contribution in [2.75, 3.05) is 26.8 Å². The number of rotatable bonds is 3. The van der Waals surface area contributed by atoms with Gasteiger partial charge in [0.2, 0.25) is 0 Å². The van der Waals surface area contributed by atoms with Crippen LogP contribution in [0.15, 0.2) is 0 Å². The molecule has 2 aliphatic heterocycles. The quantitative estimate of drug-likeness (QED) is 0.679. The number of carbonyl (C=O) groups excluding carboxylic acids is 1. The second kappa shape index (κ2) is 5.97. The highest BCUT2D eigenvalue weighted by molar-refractivity contribution is 5.86. The lowest BCUT2D eigenvalue weighted by molar-refractivity contribution is -0.144. The van der Waals surface area contributed by atoms with Gasteiger partial charge in [0.1, 0.15) is 0 Å². The Balaban J connectivity index is 1.87. The average Bonchev–Trinajstić information content (AvgIpc) is 2.83. The van der Waals surface area contributed by atoms with Crippen molar-refractivity contribution in [1.82, 2.24) is 15.5 Å². The van der Waals surface area contributed by atoms with E-state index in [1.165, 1.54) is 0 Å². The van der Waals surface area contributed by atoms with Crippen molar-refractivity contribution in [1.29, 1.82) is 0 Å². The van der Waals surface area contributed by atoms with E-state index in [2.05, 4.69) is 29.5 Å². The van der Waals surface area contributed by atoms with Crippen LogP contribution in [0.2, 0.25) is 0 Å². The van der Waals surface area contributed by atoms with Crippen LogP contribution >= 0.6 is 0 Å². The van der Waals surface area contributed by atoms with E-state index in [0.29, 0.717) is 19.1 Å². The predicted octanol–water partition coefficient (Wildman–Crippen LogP) is 0.0120. The Kier molecular flexibility index (Phi) is 4.49. The summed E-state index contributed by atoms with van der Waals surface area (Å²) < 4.78 is 5.11. The van der Waals surface area contributed by atoms with Crippen LogP contribution in [-0.2, 0) is 9.53 Å². The lowest BCUT2D eigenvalue weighted by Gasteiger charge is -2.35. The van der Waals surface area contributed by atoms with Gasteiger partial charge in [-0.3, -0.25) is 0 Å². The molecule has 0 aromatic carbocycles. The molecule has 0 aromatic heterocycles. The molecular formula is C13H23N3O4. The Bertz CT molecular complexity index is 382. The van der Waals surface area contributed by atoms with Crippen LogP contribution in [0.4, 0.5) is 4.79 Å². The maximum Gasteiger partial charge on any atom is 0.332 e. The molecule has 0 saturated carbocycles. The van der Waals surface area contributed by atoms with E-state index >= 15 is 0 Å². The normalized spacial score (nSPS) is 34.7. The van der Waals surface area contributed by atoms with Crippen molar-refractivity contribution in [3.05, 3.63) is 0 Å². The molecule has 0 radical (unpaired) electrons. The number of likely N-dealkylation sites (tertiary alicyclic amines) is 1. The molecule has 0 aliphatic carbocycles. The highest BCUT2D eigenvalue weighted by Gasteiger charge is 2.44. The summed E-state index contributed by atoms with van der Waals surface area (Å²) in [4.78, 5) is 25.6. The maximum absolute atomic E-state index is 12.0.